The molecule has 0 unspecified atom stereocenters. The third kappa shape index (κ3) is 5.94. The highest BCUT2D eigenvalue weighted by molar-refractivity contribution is 6.09. The van der Waals surface area contributed by atoms with Crippen molar-refractivity contribution in [1.29, 1.82) is 0 Å². The Hall–Kier alpha value is -2.73. The van der Waals surface area contributed by atoms with Gasteiger partial charge in [-0.15, -0.1) is 0 Å². The number of aryl methyl sites for hydroxylation is 1. The van der Waals surface area contributed by atoms with Crippen LogP contribution in [0, 0.1) is 18.7 Å². The molecule has 1 heterocycles. The molecule has 5 nitrogen and oxygen atoms in total. The number of para-hydroxylation sites is 1. The van der Waals surface area contributed by atoms with Crippen molar-refractivity contribution in [2.24, 2.45) is 5.92 Å². The van der Waals surface area contributed by atoms with E-state index in [1.54, 1.807) is 18.2 Å². The van der Waals surface area contributed by atoms with Crippen LogP contribution < -0.4 is 5.32 Å². The fraction of sp³-hybridized carbons (Fsp3) is 0.462. The molecule has 2 aromatic carbocycles. The summed E-state index contributed by atoms with van der Waals surface area (Å²) in [7, 11) is 2.17. The number of benzene rings is 2. The summed E-state index contributed by atoms with van der Waals surface area (Å²) in [6.45, 7) is 7.64. The molecular weight excluding hydrogens is 405 g/mol. The number of carbonyl (C=O) groups is 2. The molecule has 0 atom stereocenters. The highest BCUT2D eigenvalue weighted by atomic mass is 19.1. The number of hydrogen-bond donors (Lipinski definition) is 1. The van der Waals surface area contributed by atoms with Gasteiger partial charge in [-0.2, -0.15) is 0 Å². The van der Waals surface area contributed by atoms with Crippen LogP contribution in [0.1, 0.15) is 58.9 Å². The minimum absolute atomic E-state index is 0.0397. The first-order valence-electron chi connectivity index (χ1n) is 11.5. The summed E-state index contributed by atoms with van der Waals surface area (Å²) in [5.41, 5.74) is 1.63. The minimum atomic E-state index is -0.586. The van der Waals surface area contributed by atoms with Crippen molar-refractivity contribution in [3.05, 3.63) is 65.0 Å². The fourth-order valence-corrected chi connectivity index (χ4v) is 4.29. The van der Waals surface area contributed by atoms with Gasteiger partial charge in [-0.25, -0.2) is 4.39 Å². The lowest BCUT2D eigenvalue weighted by Crippen LogP contribution is -2.41. The molecule has 1 N–H and O–H groups in total. The average molecular weight is 440 g/mol. The van der Waals surface area contributed by atoms with E-state index in [9.17, 15) is 14.0 Å². The molecule has 32 heavy (non-hydrogen) atoms. The Morgan fingerprint density at radius 1 is 1.09 bits per heavy atom. The highest BCUT2D eigenvalue weighted by Crippen LogP contribution is 2.26. The zero-order chi connectivity index (χ0) is 23.1. The van der Waals surface area contributed by atoms with Crippen molar-refractivity contribution < 1.29 is 14.0 Å². The number of hydrogen-bond acceptors (Lipinski definition) is 3. The summed E-state index contributed by atoms with van der Waals surface area (Å²) in [5, 5.41) is 2.78. The fourth-order valence-electron chi connectivity index (χ4n) is 4.29. The summed E-state index contributed by atoms with van der Waals surface area (Å²) in [4.78, 5) is 30.3. The topological polar surface area (TPSA) is 52.6 Å². The molecular formula is C26H34FN3O2. The molecule has 0 bridgehead atoms. The molecule has 0 aliphatic carbocycles. The molecule has 172 valence electrons. The monoisotopic (exact) mass is 439 g/mol. The predicted molar refractivity (Wildman–Crippen MR) is 127 cm³/mol. The maximum atomic E-state index is 14.0. The van der Waals surface area contributed by atoms with Crippen LogP contribution in [0.3, 0.4) is 0 Å². The Morgan fingerprint density at radius 3 is 2.47 bits per heavy atom. The number of halogens is 1. The second-order valence-corrected chi connectivity index (χ2v) is 8.78. The molecule has 2 aromatic rings. The van der Waals surface area contributed by atoms with Gasteiger partial charge >= 0.3 is 0 Å². The lowest BCUT2D eigenvalue weighted by Gasteiger charge is -2.34. The standard InChI is InChI=1S/C26H34FN3O2/c1-4-5-15-29(3)18-20-13-16-30(17-14-20)26(32)22-11-8-9-19(2)24(22)28-25(31)21-10-6-7-12-23(21)27/h6-12,20H,4-5,13-18H2,1-3H3,(H,28,31). The average Bonchev–Trinajstić information content (AvgIpc) is 2.79. The van der Waals surface area contributed by atoms with Gasteiger partial charge in [-0.05, 0) is 69.5 Å². The van der Waals surface area contributed by atoms with Gasteiger partial charge in [0.15, 0.2) is 0 Å². The number of likely N-dealkylation sites (tertiary alicyclic amines) is 1. The third-order valence-electron chi connectivity index (χ3n) is 6.23. The number of nitrogens with zero attached hydrogens (tertiary/aromatic N) is 2. The molecule has 1 aliphatic heterocycles. The predicted octanol–water partition coefficient (Wildman–Crippen LogP) is 4.97. The Kier molecular flexibility index (Phi) is 8.39. The van der Waals surface area contributed by atoms with Crippen LogP contribution in [0.5, 0.6) is 0 Å². The van der Waals surface area contributed by atoms with Gasteiger partial charge in [-0.1, -0.05) is 37.6 Å². The molecule has 0 aromatic heterocycles. The number of amides is 2. The first-order chi connectivity index (χ1) is 15.4. The molecule has 1 saturated heterocycles. The number of nitrogens with one attached hydrogen (secondary N) is 1. The van der Waals surface area contributed by atoms with E-state index in [1.807, 2.05) is 24.0 Å². The van der Waals surface area contributed by atoms with Gasteiger partial charge in [0.1, 0.15) is 5.82 Å². The van der Waals surface area contributed by atoms with Crippen molar-refractivity contribution in [3.8, 4) is 0 Å². The molecule has 1 aliphatic rings. The largest absolute Gasteiger partial charge is 0.339 e. The van der Waals surface area contributed by atoms with Gasteiger partial charge in [-0.3, -0.25) is 9.59 Å². The van der Waals surface area contributed by atoms with Crippen LogP contribution in [0.25, 0.3) is 0 Å². The Morgan fingerprint density at radius 2 is 1.78 bits per heavy atom. The summed E-state index contributed by atoms with van der Waals surface area (Å²) in [6.07, 6.45) is 4.36. The SMILES string of the molecule is CCCCN(C)CC1CCN(C(=O)c2cccc(C)c2NC(=O)c2ccccc2F)CC1. The van der Waals surface area contributed by atoms with E-state index < -0.39 is 11.7 Å². The number of piperidine rings is 1. The molecule has 2 amide bonds. The van der Waals surface area contributed by atoms with Crippen LogP contribution in [0.15, 0.2) is 42.5 Å². The summed E-state index contributed by atoms with van der Waals surface area (Å²) in [6, 6.07) is 11.2. The number of unbranched alkanes of at least 4 members (excludes halogenated alkanes) is 1. The normalized spacial score (nSPS) is 14.6. The van der Waals surface area contributed by atoms with Crippen molar-refractivity contribution in [2.45, 2.75) is 39.5 Å². The molecule has 6 heteroatoms. The van der Waals surface area contributed by atoms with Crippen molar-refractivity contribution in [1.82, 2.24) is 9.80 Å². The molecule has 0 radical (unpaired) electrons. The van der Waals surface area contributed by atoms with E-state index >= 15 is 0 Å². The molecule has 1 fully saturated rings. The van der Waals surface area contributed by atoms with E-state index in [0.29, 0.717) is 30.3 Å². The van der Waals surface area contributed by atoms with Gasteiger partial charge in [0.05, 0.1) is 16.8 Å². The first kappa shape index (κ1) is 23.9. The molecule has 3 rings (SSSR count). The van der Waals surface area contributed by atoms with E-state index in [-0.39, 0.29) is 11.5 Å². The Labute approximate surface area is 190 Å². The van der Waals surface area contributed by atoms with E-state index in [0.717, 1.165) is 31.5 Å². The van der Waals surface area contributed by atoms with Crippen molar-refractivity contribution in [2.75, 3.05) is 38.5 Å². The summed E-state index contributed by atoms with van der Waals surface area (Å²) >= 11 is 0. The lowest BCUT2D eigenvalue weighted by molar-refractivity contribution is 0.0674. The second kappa shape index (κ2) is 11.2. The molecule has 0 spiro atoms. The lowest BCUT2D eigenvalue weighted by atomic mass is 9.95. The Balaban J connectivity index is 1.67. The first-order valence-corrected chi connectivity index (χ1v) is 11.5. The second-order valence-electron chi connectivity index (χ2n) is 8.78. The highest BCUT2D eigenvalue weighted by Gasteiger charge is 2.27. The maximum absolute atomic E-state index is 14.0. The number of rotatable bonds is 8. The van der Waals surface area contributed by atoms with Crippen LogP contribution >= 0.6 is 0 Å². The van der Waals surface area contributed by atoms with E-state index in [2.05, 4.69) is 24.2 Å². The quantitative estimate of drug-likeness (QED) is 0.632. The molecule has 0 saturated carbocycles. The van der Waals surface area contributed by atoms with Crippen LogP contribution in [0.4, 0.5) is 10.1 Å². The zero-order valence-electron chi connectivity index (χ0n) is 19.4. The van der Waals surface area contributed by atoms with Gasteiger partial charge in [0.2, 0.25) is 0 Å². The van der Waals surface area contributed by atoms with E-state index in [4.69, 9.17) is 0 Å². The van der Waals surface area contributed by atoms with Gasteiger partial charge in [0, 0.05) is 19.6 Å². The van der Waals surface area contributed by atoms with Crippen LogP contribution in [-0.2, 0) is 0 Å². The zero-order valence-corrected chi connectivity index (χ0v) is 19.4. The summed E-state index contributed by atoms with van der Waals surface area (Å²) in [5.74, 6) is -0.633. The summed E-state index contributed by atoms with van der Waals surface area (Å²) < 4.78 is 14.0. The van der Waals surface area contributed by atoms with Gasteiger partial charge in [0.25, 0.3) is 11.8 Å². The maximum Gasteiger partial charge on any atom is 0.258 e. The van der Waals surface area contributed by atoms with Crippen molar-refractivity contribution >= 4 is 17.5 Å². The minimum Gasteiger partial charge on any atom is -0.339 e. The number of carbonyl (C=O) groups excluding carboxylic acids is 2. The van der Waals surface area contributed by atoms with Crippen LogP contribution in [-0.4, -0.2) is 54.8 Å². The van der Waals surface area contributed by atoms with Crippen molar-refractivity contribution in [3.63, 3.8) is 0 Å². The smallest absolute Gasteiger partial charge is 0.258 e. The Bertz CT molecular complexity index is 938. The van der Waals surface area contributed by atoms with Gasteiger partial charge < -0.3 is 15.1 Å². The number of anilines is 1. The third-order valence-corrected chi connectivity index (χ3v) is 6.23. The van der Waals surface area contributed by atoms with Crippen LogP contribution in [0.2, 0.25) is 0 Å². The van der Waals surface area contributed by atoms with E-state index in [1.165, 1.54) is 25.0 Å².